The predicted molar refractivity (Wildman–Crippen MR) is 89.4 cm³/mol. The van der Waals surface area contributed by atoms with E-state index in [-0.39, 0.29) is 5.91 Å². The highest BCUT2D eigenvalue weighted by Crippen LogP contribution is 2.32. The second-order valence-electron chi connectivity index (χ2n) is 6.01. The molecule has 0 unspecified atom stereocenters. The van der Waals surface area contributed by atoms with E-state index in [2.05, 4.69) is 30.3 Å². The molecule has 0 atom stereocenters. The van der Waals surface area contributed by atoms with E-state index in [1.807, 2.05) is 39.0 Å². The zero-order valence-corrected chi connectivity index (χ0v) is 13.9. The molecule has 0 saturated heterocycles. The number of hydrogen-bond acceptors (Lipinski definition) is 2. The second kappa shape index (κ2) is 6.32. The van der Waals surface area contributed by atoms with Gasteiger partial charge in [0.25, 0.3) is 5.91 Å². The summed E-state index contributed by atoms with van der Waals surface area (Å²) in [5, 5.41) is 1.29. The van der Waals surface area contributed by atoms with Gasteiger partial charge < -0.3 is 0 Å². The van der Waals surface area contributed by atoms with E-state index in [0.29, 0.717) is 0 Å². The van der Waals surface area contributed by atoms with Crippen molar-refractivity contribution in [2.45, 2.75) is 26.2 Å². The molecule has 0 aliphatic carbocycles. The van der Waals surface area contributed by atoms with Crippen molar-refractivity contribution in [3.63, 3.8) is 0 Å². The van der Waals surface area contributed by atoms with Crippen molar-refractivity contribution in [3.05, 3.63) is 59.7 Å². The molecule has 3 heteroatoms. The average molecular weight is 297 g/mol. The van der Waals surface area contributed by atoms with Crippen molar-refractivity contribution >= 4 is 5.91 Å². The normalized spacial score (nSPS) is 11.3. The van der Waals surface area contributed by atoms with E-state index < -0.39 is 5.41 Å². The predicted octanol–water partition coefficient (Wildman–Crippen LogP) is 3.96. The third kappa shape index (κ3) is 3.04. The number of likely N-dealkylation sites (N-methyl/N-ethyl adjacent to an activating group) is 1. The van der Waals surface area contributed by atoms with E-state index in [1.165, 1.54) is 12.2 Å². The largest absolute Gasteiger partial charge is 0.275 e. The Bertz CT molecular complexity index is 662. The van der Waals surface area contributed by atoms with Crippen LogP contribution in [0.1, 0.15) is 25.0 Å². The van der Waals surface area contributed by atoms with E-state index >= 15 is 0 Å². The lowest BCUT2D eigenvalue weighted by Crippen LogP contribution is -2.41. The molecule has 2 aromatic carbocycles. The van der Waals surface area contributed by atoms with Crippen molar-refractivity contribution in [1.29, 1.82) is 0 Å². The lowest BCUT2D eigenvalue weighted by Gasteiger charge is -2.30. The number of hydrogen-bond donors (Lipinski definition) is 0. The van der Waals surface area contributed by atoms with Crippen molar-refractivity contribution < 1.29 is 9.63 Å². The van der Waals surface area contributed by atoms with Gasteiger partial charge in [-0.2, -0.15) is 0 Å². The Morgan fingerprint density at radius 3 is 2.27 bits per heavy atom. The lowest BCUT2D eigenvalue weighted by molar-refractivity contribution is -0.174. The molecular formula is C19H23NO2. The summed E-state index contributed by atoms with van der Waals surface area (Å²) in [6, 6.07) is 16.4. The van der Waals surface area contributed by atoms with Gasteiger partial charge in [0.2, 0.25) is 0 Å². The van der Waals surface area contributed by atoms with Gasteiger partial charge in [0.15, 0.2) is 0 Å². The molecule has 0 N–H and O–H groups in total. The molecule has 0 saturated carbocycles. The summed E-state index contributed by atoms with van der Waals surface area (Å²) in [6.45, 7) is 5.90. The molecule has 116 valence electrons. The lowest BCUT2D eigenvalue weighted by atomic mass is 9.80. The van der Waals surface area contributed by atoms with Crippen molar-refractivity contribution in [2.75, 3.05) is 14.2 Å². The highest BCUT2D eigenvalue weighted by atomic mass is 16.7. The van der Waals surface area contributed by atoms with Crippen LogP contribution in [-0.4, -0.2) is 25.1 Å². The molecule has 2 aromatic rings. The summed E-state index contributed by atoms with van der Waals surface area (Å²) in [5.41, 5.74) is 3.72. The minimum Gasteiger partial charge on any atom is -0.275 e. The smallest absolute Gasteiger partial charge is 0.255 e. The quantitative estimate of drug-likeness (QED) is 0.799. The van der Waals surface area contributed by atoms with E-state index in [9.17, 15) is 4.79 Å². The SMILES string of the molecule is CON(C)C(=O)C(C)(C)c1cc(-c2ccccc2)ccc1C. The van der Waals surface area contributed by atoms with E-state index in [4.69, 9.17) is 4.84 Å². The van der Waals surface area contributed by atoms with Crippen LogP contribution in [-0.2, 0) is 15.0 Å². The summed E-state index contributed by atoms with van der Waals surface area (Å²) >= 11 is 0. The number of hydroxylamine groups is 2. The zero-order valence-electron chi connectivity index (χ0n) is 13.9. The molecule has 0 fully saturated rings. The summed E-state index contributed by atoms with van der Waals surface area (Å²) in [6.07, 6.45) is 0. The topological polar surface area (TPSA) is 29.5 Å². The highest BCUT2D eigenvalue weighted by molar-refractivity contribution is 5.87. The van der Waals surface area contributed by atoms with Gasteiger partial charge in [-0.3, -0.25) is 9.63 Å². The Balaban J connectivity index is 2.49. The fourth-order valence-electron chi connectivity index (χ4n) is 2.70. The highest BCUT2D eigenvalue weighted by Gasteiger charge is 2.34. The summed E-state index contributed by atoms with van der Waals surface area (Å²) < 4.78 is 0. The molecule has 0 radical (unpaired) electrons. The van der Waals surface area contributed by atoms with Crippen molar-refractivity contribution in [2.24, 2.45) is 0 Å². The summed E-state index contributed by atoms with van der Waals surface area (Å²) in [5.74, 6) is -0.0664. The molecule has 0 aliphatic rings. The number of benzene rings is 2. The molecule has 3 nitrogen and oxygen atoms in total. The van der Waals surface area contributed by atoms with Gasteiger partial charge in [0.05, 0.1) is 12.5 Å². The minimum absolute atomic E-state index is 0.0664. The monoisotopic (exact) mass is 297 g/mol. The molecule has 0 heterocycles. The Hall–Kier alpha value is -2.13. The van der Waals surface area contributed by atoms with Gasteiger partial charge in [-0.05, 0) is 49.1 Å². The maximum Gasteiger partial charge on any atom is 0.255 e. The van der Waals surface area contributed by atoms with E-state index in [0.717, 1.165) is 22.3 Å². The number of carbonyl (C=O) groups is 1. The number of aryl methyl sites for hydroxylation is 1. The zero-order chi connectivity index (χ0) is 16.3. The van der Waals surface area contributed by atoms with Gasteiger partial charge >= 0.3 is 0 Å². The third-order valence-electron chi connectivity index (χ3n) is 4.11. The van der Waals surface area contributed by atoms with Crippen molar-refractivity contribution in [1.82, 2.24) is 5.06 Å². The first-order valence-corrected chi connectivity index (χ1v) is 7.36. The Kier molecular flexibility index (Phi) is 4.67. The van der Waals surface area contributed by atoms with Crippen LogP contribution in [0.4, 0.5) is 0 Å². The number of carbonyl (C=O) groups excluding carboxylic acids is 1. The minimum atomic E-state index is -0.653. The van der Waals surface area contributed by atoms with Crippen LogP contribution in [0, 0.1) is 6.92 Å². The first-order valence-electron chi connectivity index (χ1n) is 7.36. The Morgan fingerprint density at radius 2 is 1.68 bits per heavy atom. The van der Waals surface area contributed by atoms with Crippen LogP contribution in [0.15, 0.2) is 48.5 Å². The maximum absolute atomic E-state index is 12.6. The van der Waals surface area contributed by atoms with Gasteiger partial charge in [-0.1, -0.05) is 42.5 Å². The molecule has 22 heavy (non-hydrogen) atoms. The molecule has 0 bridgehead atoms. The summed E-state index contributed by atoms with van der Waals surface area (Å²) in [7, 11) is 3.14. The fourth-order valence-corrected chi connectivity index (χ4v) is 2.70. The van der Waals surface area contributed by atoms with Crippen LogP contribution in [0.3, 0.4) is 0 Å². The molecule has 2 rings (SSSR count). The van der Waals surface area contributed by atoms with Crippen LogP contribution in [0.5, 0.6) is 0 Å². The van der Waals surface area contributed by atoms with Crippen LogP contribution < -0.4 is 0 Å². The fraction of sp³-hybridized carbons (Fsp3) is 0.316. The first kappa shape index (κ1) is 16.2. The van der Waals surface area contributed by atoms with Crippen molar-refractivity contribution in [3.8, 4) is 11.1 Å². The second-order valence-corrected chi connectivity index (χ2v) is 6.01. The Morgan fingerprint density at radius 1 is 1.05 bits per heavy atom. The summed E-state index contributed by atoms with van der Waals surface area (Å²) in [4.78, 5) is 17.7. The molecule has 0 aromatic heterocycles. The average Bonchev–Trinajstić information content (AvgIpc) is 2.54. The Labute approximate surface area is 132 Å². The van der Waals surface area contributed by atoms with Crippen LogP contribution in [0.2, 0.25) is 0 Å². The van der Waals surface area contributed by atoms with Gasteiger partial charge in [-0.25, -0.2) is 5.06 Å². The van der Waals surface area contributed by atoms with Gasteiger partial charge in [-0.15, -0.1) is 0 Å². The van der Waals surface area contributed by atoms with Gasteiger partial charge in [0.1, 0.15) is 0 Å². The number of amides is 1. The first-order chi connectivity index (χ1) is 10.4. The number of nitrogens with zero attached hydrogens (tertiary/aromatic N) is 1. The van der Waals surface area contributed by atoms with Gasteiger partial charge in [0, 0.05) is 7.05 Å². The molecule has 1 amide bonds. The van der Waals surface area contributed by atoms with Crippen LogP contribution in [0.25, 0.3) is 11.1 Å². The standard InChI is InChI=1S/C19H23NO2/c1-14-11-12-16(15-9-7-6-8-10-15)13-17(14)19(2,3)18(21)20(4)22-5/h6-13H,1-5H3. The molecule has 0 aliphatic heterocycles. The maximum atomic E-state index is 12.6. The van der Waals surface area contributed by atoms with Crippen LogP contribution >= 0.6 is 0 Å². The third-order valence-corrected chi connectivity index (χ3v) is 4.11. The van der Waals surface area contributed by atoms with E-state index in [1.54, 1.807) is 7.05 Å². The molecule has 0 spiro atoms. The molecular weight excluding hydrogens is 274 g/mol. The number of rotatable bonds is 4.